The van der Waals surface area contributed by atoms with E-state index in [0.717, 1.165) is 13.2 Å². The molecule has 2 rings (SSSR count). The molecule has 2 heteroatoms. The van der Waals surface area contributed by atoms with E-state index in [1.807, 2.05) is 0 Å². The van der Waals surface area contributed by atoms with Crippen LogP contribution < -0.4 is 0 Å². The summed E-state index contributed by atoms with van der Waals surface area (Å²) in [6.07, 6.45) is 0. The maximum absolute atomic E-state index is 5.79. The Morgan fingerprint density at radius 2 is 2.00 bits per heavy atom. The molecule has 0 N–H and O–H groups in total. The lowest BCUT2D eigenvalue weighted by Crippen LogP contribution is -1.90. The first kappa shape index (κ1) is 8.09. The van der Waals surface area contributed by atoms with Gasteiger partial charge in [-0.25, -0.2) is 0 Å². The summed E-state index contributed by atoms with van der Waals surface area (Å²) in [6.45, 7) is 3.61. The van der Waals surface area contributed by atoms with Gasteiger partial charge in [-0.1, -0.05) is 12.1 Å². The number of fused-ring (bicyclic) bond motifs is 1. The van der Waals surface area contributed by atoms with Gasteiger partial charge in [-0.15, -0.1) is 11.6 Å². The van der Waals surface area contributed by atoms with Crippen molar-refractivity contribution in [1.29, 1.82) is 0 Å². The molecule has 1 aliphatic rings. The summed E-state index contributed by atoms with van der Waals surface area (Å²) in [4.78, 5) is 0. The van der Waals surface area contributed by atoms with Crippen LogP contribution in [0.15, 0.2) is 12.1 Å². The van der Waals surface area contributed by atoms with Crippen LogP contribution in [-0.4, -0.2) is 0 Å². The van der Waals surface area contributed by atoms with Crippen molar-refractivity contribution in [3.63, 3.8) is 0 Å². The zero-order valence-corrected chi connectivity index (χ0v) is 7.82. The summed E-state index contributed by atoms with van der Waals surface area (Å²) in [5.41, 5.74) is 5.12. The van der Waals surface area contributed by atoms with Gasteiger partial charge in [-0.3, -0.25) is 0 Å². The molecular weight excluding hydrogens is 172 g/mol. The average Bonchev–Trinajstić information content (AvgIpc) is 2.49. The minimum atomic E-state index is 0.596. The molecule has 1 aromatic carbocycles. The molecule has 12 heavy (non-hydrogen) atoms. The fourth-order valence-electron chi connectivity index (χ4n) is 1.55. The van der Waals surface area contributed by atoms with Gasteiger partial charge in [-0.05, 0) is 29.2 Å². The first-order chi connectivity index (χ1) is 5.81. The van der Waals surface area contributed by atoms with Gasteiger partial charge >= 0.3 is 0 Å². The van der Waals surface area contributed by atoms with Crippen LogP contribution in [-0.2, 0) is 23.8 Å². The zero-order chi connectivity index (χ0) is 8.55. The molecule has 0 aliphatic carbocycles. The highest BCUT2D eigenvalue weighted by atomic mass is 35.5. The molecule has 1 nitrogen and oxygen atoms in total. The average molecular weight is 183 g/mol. The molecule has 0 atom stereocenters. The molecule has 0 amide bonds. The molecule has 0 spiro atoms. The van der Waals surface area contributed by atoms with Gasteiger partial charge in [0.15, 0.2) is 0 Å². The first-order valence-corrected chi connectivity index (χ1v) is 4.59. The van der Waals surface area contributed by atoms with E-state index in [1.54, 1.807) is 0 Å². The van der Waals surface area contributed by atoms with Crippen molar-refractivity contribution in [2.75, 3.05) is 0 Å². The van der Waals surface area contributed by atoms with Gasteiger partial charge in [0, 0.05) is 5.88 Å². The van der Waals surface area contributed by atoms with Gasteiger partial charge in [0.05, 0.1) is 13.2 Å². The van der Waals surface area contributed by atoms with Crippen molar-refractivity contribution in [3.05, 3.63) is 34.4 Å². The third-order valence-electron chi connectivity index (χ3n) is 2.32. The molecule has 0 fully saturated rings. The SMILES string of the molecule is Cc1cc2c(cc1CCl)COC2. The maximum Gasteiger partial charge on any atom is 0.0725 e. The number of aryl methyl sites for hydroxylation is 1. The lowest BCUT2D eigenvalue weighted by Gasteiger charge is -2.04. The predicted octanol–water partition coefficient (Wildman–Crippen LogP) is 2.76. The predicted molar refractivity (Wildman–Crippen MR) is 49.2 cm³/mol. The van der Waals surface area contributed by atoms with E-state index in [0.29, 0.717) is 5.88 Å². The van der Waals surface area contributed by atoms with E-state index in [4.69, 9.17) is 16.3 Å². The molecule has 0 saturated heterocycles. The van der Waals surface area contributed by atoms with E-state index in [2.05, 4.69) is 19.1 Å². The van der Waals surface area contributed by atoms with Crippen molar-refractivity contribution in [1.82, 2.24) is 0 Å². The number of alkyl halides is 1. The van der Waals surface area contributed by atoms with Gasteiger partial charge in [0.1, 0.15) is 0 Å². The van der Waals surface area contributed by atoms with Gasteiger partial charge in [0.25, 0.3) is 0 Å². The van der Waals surface area contributed by atoms with Gasteiger partial charge in [-0.2, -0.15) is 0 Å². The van der Waals surface area contributed by atoms with E-state index in [1.165, 1.54) is 22.3 Å². The van der Waals surface area contributed by atoms with E-state index < -0.39 is 0 Å². The van der Waals surface area contributed by atoms with Gasteiger partial charge in [0.2, 0.25) is 0 Å². The maximum atomic E-state index is 5.79. The summed E-state index contributed by atoms with van der Waals surface area (Å²) in [5, 5.41) is 0. The van der Waals surface area contributed by atoms with Crippen LogP contribution in [0.2, 0.25) is 0 Å². The van der Waals surface area contributed by atoms with E-state index >= 15 is 0 Å². The molecule has 0 unspecified atom stereocenters. The minimum absolute atomic E-state index is 0.596. The lowest BCUT2D eigenvalue weighted by atomic mass is 10.0. The third kappa shape index (κ3) is 1.23. The Labute approximate surface area is 77.3 Å². The number of rotatable bonds is 1. The fraction of sp³-hybridized carbons (Fsp3) is 0.400. The molecule has 1 aromatic rings. The Bertz CT molecular complexity index is 306. The molecule has 1 aliphatic heterocycles. The molecule has 1 heterocycles. The van der Waals surface area contributed by atoms with Crippen LogP contribution in [0.25, 0.3) is 0 Å². The smallest absolute Gasteiger partial charge is 0.0725 e. The second-order valence-corrected chi connectivity index (χ2v) is 3.44. The van der Waals surface area contributed by atoms with Crippen molar-refractivity contribution < 1.29 is 4.74 Å². The van der Waals surface area contributed by atoms with Crippen LogP contribution in [0.3, 0.4) is 0 Å². The van der Waals surface area contributed by atoms with Crippen LogP contribution in [0.1, 0.15) is 22.3 Å². The van der Waals surface area contributed by atoms with Crippen LogP contribution >= 0.6 is 11.6 Å². The third-order valence-corrected chi connectivity index (χ3v) is 2.61. The Balaban J connectivity index is 2.49. The summed E-state index contributed by atoms with van der Waals surface area (Å²) in [6, 6.07) is 4.34. The molecule has 0 saturated carbocycles. The molecule has 0 radical (unpaired) electrons. The Hall–Kier alpha value is -0.530. The second kappa shape index (κ2) is 3.08. The number of hydrogen-bond donors (Lipinski definition) is 0. The highest BCUT2D eigenvalue weighted by Gasteiger charge is 2.12. The number of halogens is 1. The minimum Gasteiger partial charge on any atom is -0.372 e. The summed E-state index contributed by atoms with van der Waals surface area (Å²) < 4.78 is 5.33. The fourth-order valence-corrected chi connectivity index (χ4v) is 1.84. The number of ether oxygens (including phenoxy) is 1. The van der Waals surface area contributed by atoms with Gasteiger partial charge < -0.3 is 4.74 Å². The van der Waals surface area contributed by atoms with E-state index in [-0.39, 0.29) is 0 Å². The number of hydrogen-bond acceptors (Lipinski definition) is 1. The molecular formula is C10H11ClO. The van der Waals surface area contributed by atoms with E-state index in [9.17, 15) is 0 Å². The standard InChI is InChI=1S/C10H11ClO/c1-7-2-9-5-12-6-10(9)3-8(7)4-11/h2-3H,4-6H2,1H3. The quantitative estimate of drug-likeness (QED) is 0.607. The molecule has 0 bridgehead atoms. The Morgan fingerprint density at radius 1 is 1.33 bits per heavy atom. The van der Waals surface area contributed by atoms with Crippen LogP contribution in [0.5, 0.6) is 0 Å². The monoisotopic (exact) mass is 182 g/mol. The summed E-state index contributed by atoms with van der Waals surface area (Å²) in [7, 11) is 0. The van der Waals surface area contributed by atoms with Crippen molar-refractivity contribution in [2.45, 2.75) is 26.0 Å². The molecule has 0 aromatic heterocycles. The highest BCUT2D eigenvalue weighted by molar-refractivity contribution is 6.17. The van der Waals surface area contributed by atoms with Crippen molar-refractivity contribution in [3.8, 4) is 0 Å². The Kier molecular flexibility index (Phi) is 2.07. The van der Waals surface area contributed by atoms with Crippen molar-refractivity contribution >= 4 is 11.6 Å². The topological polar surface area (TPSA) is 9.23 Å². The Morgan fingerprint density at radius 3 is 2.67 bits per heavy atom. The van der Waals surface area contributed by atoms with Crippen LogP contribution in [0, 0.1) is 6.92 Å². The summed E-state index contributed by atoms with van der Waals surface area (Å²) in [5.74, 6) is 0.596. The number of benzene rings is 1. The van der Waals surface area contributed by atoms with Crippen molar-refractivity contribution in [2.24, 2.45) is 0 Å². The normalized spacial score (nSPS) is 14.8. The lowest BCUT2D eigenvalue weighted by molar-refractivity contribution is 0.134. The summed E-state index contributed by atoms with van der Waals surface area (Å²) >= 11 is 5.79. The van der Waals surface area contributed by atoms with Crippen LogP contribution in [0.4, 0.5) is 0 Å². The first-order valence-electron chi connectivity index (χ1n) is 4.06. The molecule has 64 valence electrons. The largest absolute Gasteiger partial charge is 0.372 e. The second-order valence-electron chi connectivity index (χ2n) is 3.17. The zero-order valence-electron chi connectivity index (χ0n) is 7.06. The highest BCUT2D eigenvalue weighted by Crippen LogP contribution is 2.24.